The smallest absolute Gasteiger partial charge is 0.253 e. The highest BCUT2D eigenvalue weighted by molar-refractivity contribution is 5.94. The second-order valence-corrected chi connectivity index (χ2v) is 4.69. The van der Waals surface area contributed by atoms with E-state index in [2.05, 4.69) is 25.9 Å². The monoisotopic (exact) mass is 273 g/mol. The van der Waals surface area contributed by atoms with Crippen LogP contribution in [0.25, 0.3) is 0 Å². The van der Waals surface area contributed by atoms with Gasteiger partial charge in [0, 0.05) is 18.7 Å². The molecular weight excluding hydrogens is 258 g/mol. The molecule has 20 heavy (non-hydrogen) atoms. The van der Waals surface area contributed by atoms with E-state index in [1.165, 1.54) is 0 Å². The number of amides is 1. The summed E-state index contributed by atoms with van der Waals surface area (Å²) in [6, 6.07) is 7.59. The van der Waals surface area contributed by atoms with E-state index in [0.717, 1.165) is 24.1 Å². The molecule has 1 aromatic carbocycles. The first kappa shape index (κ1) is 12.7. The lowest BCUT2D eigenvalue weighted by molar-refractivity contribution is -0.124. The van der Waals surface area contributed by atoms with Crippen LogP contribution in [-0.2, 0) is 16.0 Å². The number of nitrogens with zero attached hydrogens (tertiary/aromatic N) is 3. The number of aromatic nitrogens is 4. The average molecular weight is 273 g/mol. The Morgan fingerprint density at radius 1 is 1.40 bits per heavy atom. The van der Waals surface area contributed by atoms with Crippen molar-refractivity contribution in [1.82, 2.24) is 20.6 Å². The van der Waals surface area contributed by atoms with Gasteiger partial charge in [0.1, 0.15) is 6.10 Å². The van der Waals surface area contributed by atoms with Gasteiger partial charge >= 0.3 is 0 Å². The van der Waals surface area contributed by atoms with Crippen molar-refractivity contribution in [2.24, 2.45) is 0 Å². The molecule has 0 bridgehead atoms. The summed E-state index contributed by atoms with van der Waals surface area (Å²) in [5.74, 6) is 0.564. The summed E-state index contributed by atoms with van der Waals surface area (Å²) < 4.78 is 5.34. The number of rotatable bonds is 4. The van der Waals surface area contributed by atoms with Crippen molar-refractivity contribution < 1.29 is 9.53 Å². The van der Waals surface area contributed by atoms with Gasteiger partial charge in [0.05, 0.1) is 0 Å². The van der Waals surface area contributed by atoms with Gasteiger partial charge in [-0.1, -0.05) is 17.3 Å². The standard InChI is InChI=1S/C13H15N5O2/c19-13(11-2-1-7-20-11)14-10-5-3-9(4-6-10)8-12-15-17-18-16-12/h3-6,11H,1-2,7-8H2,(H,14,19)(H,15,16,17,18)/t11-/m1/s1. The molecule has 104 valence electrons. The maximum Gasteiger partial charge on any atom is 0.253 e. The maximum absolute atomic E-state index is 11.9. The highest BCUT2D eigenvalue weighted by Crippen LogP contribution is 2.16. The molecule has 0 aliphatic carbocycles. The first-order chi connectivity index (χ1) is 9.81. The molecule has 2 aromatic rings. The van der Waals surface area contributed by atoms with Crippen molar-refractivity contribution >= 4 is 11.6 Å². The van der Waals surface area contributed by atoms with E-state index >= 15 is 0 Å². The van der Waals surface area contributed by atoms with Gasteiger partial charge in [-0.2, -0.15) is 5.21 Å². The zero-order valence-electron chi connectivity index (χ0n) is 10.9. The molecule has 1 aliphatic heterocycles. The second-order valence-electron chi connectivity index (χ2n) is 4.69. The number of nitrogens with one attached hydrogen (secondary N) is 2. The zero-order chi connectivity index (χ0) is 13.8. The van der Waals surface area contributed by atoms with Crippen LogP contribution in [0.4, 0.5) is 5.69 Å². The van der Waals surface area contributed by atoms with E-state index in [4.69, 9.17) is 4.74 Å². The molecule has 1 aromatic heterocycles. The number of anilines is 1. The quantitative estimate of drug-likeness (QED) is 0.863. The fraction of sp³-hybridized carbons (Fsp3) is 0.385. The van der Waals surface area contributed by atoms with E-state index in [1.807, 2.05) is 24.3 Å². The van der Waals surface area contributed by atoms with Gasteiger partial charge in [0.2, 0.25) is 0 Å². The number of hydrogen-bond acceptors (Lipinski definition) is 5. The topological polar surface area (TPSA) is 92.8 Å². The minimum atomic E-state index is -0.311. The molecule has 0 saturated carbocycles. The predicted octanol–water partition coefficient (Wildman–Crippen LogP) is 0.908. The van der Waals surface area contributed by atoms with E-state index in [1.54, 1.807) is 0 Å². The molecule has 1 saturated heterocycles. The van der Waals surface area contributed by atoms with Crippen molar-refractivity contribution in [3.63, 3.8) is 0 Å². The van der Waals surface area contributed by atoms with Gasteiger partial charge in [-0.25, -0.2) is 0 Å². The van der Waals surface area contributed by atoms with Crippen LogP contribution in [0.1, 0.15) is 24.2 Å². The Morgan fingerprint density at radius 2 is 2.25 bits per heavy atom. The van der Waals surface area contributed by atoms with Crippen LogP contribution in [0.5, 0.6) is 0 Å². The van der Waals surface area contributed by atoms with Crippen molar-refractivity contribution in [3.8, 4) is 0 Å². The normalized spacial score (nSPS) is 18.1. The molecule has 0 radical (unpaired) electrons. The lowest BCUT2D eigenvalue weighted by Gasteiger charge is -2.10. The second kappa shape index (κ2) is 5.79. The Labute approximate surface area is 115 Å². The number of carbonyl (C=O) groups is 1. The number of H-pyrrole nitrogens is 1. The molecule has 1 atom stereocenters. The summed E-state index contributed by atoms with van der Waals surface area (Å²) in [6.07, 6.45) is 2.04. The van der Waals surface area contributed by atoms with Crippen molar-refractivity contribution in [1.29, 1.82) is 0 Å². The van der Waals surface area contributed by atoms with E-state index in [0.29, 0.717) is 18.9 Å². The minimum Gasteiger partial charge on any atom is -0.368 e. The number of carbonyl (C=O) groups excluding carboxylic acids is 1. The van der Waals surface area contributed by atoms with Gasteiger partial charge in [-0.3, -0.25) is 4.79 Å². The molecule has 7 nitrogen and oxygen atoms in total. The summed E-state index contributed by atoms with van der Waals surface area (Å²) in [6.45, 7) is 0.668. The van der Waals surface area contributed by atoms with Crippen molar-refractivity contribution in [2.45, 2.75) is 25.4 Å². The maximum atomic E-state index is 11.9. The predicted molar refractivity (Wildman–Crippen MR) is 71.0 cm³/mol. The summed E-state index contributed by atoms with van der Waals surface area (Å²) in [5.41, 5.74) is 1.82. The molecule has 0 spiro atoms. The van der Waals surface area contributed by atoms with Crippen LogP contribution in [0.2, 0.25) is 0 Å². The van der Waals surface area contributed by atoms with E-state index in [-0.39, 0.29) is 12.0 Å². The van der Waals surface area contributed by atoms with E-state index < -0.39 is 0 Å². The van der Waals surface area contributed by atoms with Gasteiger partial charge in [-0.15, -0.1) is 10.2 Å². The molecule has 1 aliphatic rings. The number of tetrazole rings is 1. The lowest BCUT2D eigenvalue weighted by atomic mass is 10.1. The molecule has 7 heteroatoms. The summed E-state index contributed by atoms with van der Waals surface area (Å²) >= 11 is 0. The SMILES string of the molecule is O=C(Nc1ccc(Cc2nn[nH]n2)cc1)[C@H]1CCCO1. The Hall–Kier alpha value is -2.28. The molecule has 2 N–H and O–H groups in total. The third kappa shape index (κ3) is 3.00. The van der Waals surface area contributed by atoms with Crippen LogP contribution in [0.15, 0.2) is 24.3 Å². The first-order valence-electron chi connectivity index (χ1n) is 6.55. The van der Waals surface area contributed by atoms with Crippen LogP contribution in [0.3, 0.4) is 0 Å². The third-order valence-electron chi connectivity index (χ3n) is 3.20. The fourth-order valence-corrected chi connectivity index (χ4v) is 2.15. The van der Waals surface area contributed by atoms with Crippen LogP contribution in [0, 0.1) is 0 Å². The van der Waals surface area contributed by atoms with Crippen molar-refractivity contribution in [3.05, 3.63) is 35.7 Å². The number of hydrogen-bond donors (Lipinski definition) is 2. The Morgan fingerprint density at radius 3 is 2.90 bits per heavy atom. The average Bonchev–Trinajstić information content (AvgIpc) is 3.13. The molecule has 0 unspecified atom stereocenters. The fourth-order valence-electron chi connectivity index (χ4n) is 2.15. The van der Waals surface area contributed by atoms with Crippen LogP contribution < -0.4 is 5.32 Å². The zero-order valence-corrected chi connectivity index (χ0v) is 10.9. The Balaban J connectivity index is 1.59. The molecule has 3 rings (SSSR count). The number of benzene rings is 1. The minimum absolute atomic E-state index is 0.0755. The summed E-state index contributed by atoms with van der Waals surface area (Å²) in [7, 11) is 0. The van der Waals surface area contributed by atoms with Gasteiger partial charge in [0.25, 0.3) is 5.91 Å². The van der Waals surface area contributed by atoms with Crippen LogP contribution in [-0.4, -0.2) is 39.2 Å². The van der Waals surface area contributed by atoms with Gasteiger partial charge < -0.3 is 10.1 Å². The molecule has 2 heterocycles. The highest BCUT2D eigenvalue weighted by atomic mass is 16.5. The lowest BCUT2D eigenvalue weighted by Crippen LogP contribution is -2.26. The third-order valence-corrected chi connectivity index (χ3v) is 3.20. The Bertz CT molecular complexity index is 561. The summed E-state index contributed by atoms with van der Waals surface area (Å²) in [4.78, 5) is 11.9. The largest absolute Gasteiger partial charge is 0.368 e. The molecule has 1 amide bonds. The first-order valence-corrected chi connectivity index (χ1v) is 6.55. The molecule has 1 fully saturated rings. The Kier molecular flexibility index (Phi) is 3.69. The number of aromatic amines is 1. The van der Waals surface area contributed by atoms with Gasteiger partial charge in [0.15, 0.2) is 5.82 Å². The number of ether oxygens (including phenoxy) is 1. The van der Waals surface area contributed by atoms with Gasteiger partial charge in [-0.05, 0) is 30.5 Å². The summed E-state index contributed by atoms with van der Waals surface area (Å²) in [5, 5.41) is 16.6. The molecular formula is C13H15N5O2. The van der Waals surface area contributed by atoms with Crippen molar-refractivity contribution in [2.75, 3.05) is 11.9 Å². The highest BCUT2D eigenvalue weighted by Gasteiger charge is 2.23. The van der Waals surface area contributed by atoms with E-state index in [9.17, 15) is 4.79 Å². The van der Waals surface area contributed by atoms with Crippen LogP contribution >= 0.6 is 0 Å².